The predicted molar refractivity (Wildman–Crippen MR) is 84.1 cm³/mol. The third-order valence-corrected chi connectivity index (χ3v) is 4.01. The first-order valence-electron chi connectivity index (χ1n) is 6.58. The van der Waals surface area contributed by atoms with E-state index >= 15 is 0 Å². The van der Waals surface area contributed by atoms with E-state index in [1.807, 2.05) is 10.7 Å². The van der Waals surface area contributed by atoms with E-state index in [1.54, 1.807) is 13.3 Å². The fourth-order valence-corrected chi connectivity index (χ4v) is 2.76. The Morgan fingerprint density at radius 1 is 1.35 bits per heavy atom. The monoisotopic (exact) mass is 337 g/mol. The Morgan fingerprint density at radius 2 is 2.05 bits per heavy atom. The van der Waals surface area contributed by atoms with Crippen LogP contribution >= 0.6 is 15.9 Å². The molecule has 0 bridgehead atoms. The van der Waals surface area contributed by atoms with Gasteiger partial charge in [0.05, 0.1) is 19.3 Å². The zero-order chi connectivity index (χ0) is 14.9. The fraction of sp³-hybridized carbons (Fsp3) is 0.400. The van der Waals surface area contributed by atoms with Crippen LogP contribution in [-0.4, -0.2) is 16.9 Å². The Bertz CT molecular complexity index is 607. The van der Waals surface area contributed by atoms with E-state index in [-0.39, 0.29) is 12.1 Å². The van der Waals surface area contributed by atoms with Gasteiger partial charge in [-0.2, -0.15) is 5.10 Å². The van der Waals surface area contributed by atoms with Crippen molar-refractivity contribution in [1.82, 2.24) is 9.78 Å². The van der Waals surface area contributed by atoms with Crippen LogP contribution in [-0.2, 0) is 0 Å². The molecule has 0 saturated heterocycles. The van der Waals surface area contributed by atoms with Crippen molar-refractivity contribution < 1.29 is 4.74 Å². The summed E-state index contributed by atoms with van der Waals surface area (Å²) in [5.74, 6) is 0.722. The van der Waals surface area contributed by atoms with Crippen molar-refractivity contribution >= 4 is 15.9 Å². The number of aromatic nitrogens is 2. The quantitative estimate of drug-likeness (QED) is 0.927. The third-order valence-electron chi connectivity index (χ3n) is 3.29. The van der Waals surface area contributed by atoms with Gasteiger partial charge in [0.2, 0.25) is 0 Å². The average molecular weight is 338 g/mol. The number of aryl methyl sites for hydroxylation is 1. The second-order valence-electron chi connectivity index (χ2n) is 5.14. The lowest BCUT2D eigenvalue weighted by atomic mass is 10.0. The third kappa shape index (κ3) is 2.74. The summed E-state index contributed by atoms with van der Waals surface area (Å²) in [5.41, 5.74) is 9.58. The summed E-state index contributed by atoms with van der Waals surface area (Å²) in [6.07, 6.45) is 1.72. The summed E-state index contributed by atoms with van der Waals surface area (Å²) in [5, 5.41) is 4.38. The molecular formula is C15H20BrN3O. The van der Waals surface area contributed by atoms with E-state index in [9.17, 15) is 0 Å². The second-order valence-corrected chi connectivity index (χ2v) is 5.99. The van der Waals surface area contributed by atoms with Gasteiger partial charge in [-0.15, -0.1) is 0 Å². The highest BCUT2D eigenvalue weighted by molar-refractivity contribution is 9.10. The van der Waals surface area contributed by atoms with Crippen LogP contribution in [0, 0.1) is 6.92 Å². The molecule has 0 aliphatic heterocycles. The molecule has 1 aromatic carbocycles. The number of hydrogen-bond donors (Lipinski definition) is 1. The van der Waals surface area contributed by atoms with Gasteiger partial charge in [-0.05, 0) is 32.4 Å². The SMILES string of the molecule is COc1cnn(C(C)C)c1C(N)c1cc(C)ccc1Br. The molecular weight excluding hydrogens is 318 g/mol. The minimum Gasteiger partial charge on any atom is -0.493 e. The normalized spacial score (nSPS) is 12.8. The average Bonchev–Trinajstić information content (AvgIpc) is 2.84. The molecule has 1 atom stereocenters. The summed E-state index contributed by atoms with van der Waals surface area (Å²) in [6, 6.07) is 6.10. The minimum absolute atomic E-state index is 0.225. The number of ether oxygens (including phenoxy) is 1. The molecule has 1 unspecified atom stereocenters. The summed E-state index contributed by atoms with van der Waals surface area (Å²) in [6.45, 7) is 6.21. The Hall–Kier alpha value is -1.33. The first-order chi connectivity index (χ1) is 9.45. The number of methoxy groups -OCH3 is 1. The molecule has 0 radical (unpaired) electrons. The Balaban J connectivity index is 2.55. The lowest BCUT2D eigenvalue weighted by molar-refractivity contribution is 0.401. The molecule has 108 valence electrons. The number of halogens is 1. The highest BCUT2D eigenvalue weighted by Gasteiger charge is 2.23. The van der Waals surface area contributed by atoms with Crippen LogP contribution in [0.1, 0.15) is 42.8 Å². The largest absolute Gasteiger partial charge is 0.493 e. The minimum atomic E-state index is -0.288. The Kier molecular flexibility index (Phi) is 4.50. The molecule has 1 heterocycles. The van der Waals surface area contributed by atoms with E-state index in [4.69, 9.17) is 10.5 Å². The Morgan fingerprint density at radius 3 is 2.65 bits per heavy atom. The first kappa shape index (κ1) is 15.1. The van der Waals surface area contributed by atoms with Crippen LogP contribution < -0.4 is 10.5 Å². The van der Waals surface area contributed by atoms with E-state index < -0.39 is 0 Å². The van der Waals surface area contributed by atoms with Gasteiger partial charge in [-0.3, -0.25) is 4.68 Å². The maximum absolute atomic E-state index is 6.47. The fourth-order valence-electron chi connectivity index (χ4n) is 2.27. The van der Waals surface area contributed by atoms with Crippen LogP contribution in [0.15, 0.2) is 28.9 Å². The zero-order valence-electron chi connectivity index (χ0n) is 12.2. The van der Waals surface area contributed by atoms with Gasteiger partial charge in [0, 0.05) is 10.5 Å². The summed E-state index contributed by atoms with van der Waals surface area (Å²) in [7, 11) is 1.64. The smallest absolute Gasteiger partial charge is 0.161 e. The van der Waals surface area contributed by atoms with E-state index in [1.165, 1.54) is 5.56 Å². The molecule has 0 fully saturated rings. The molecule has 4 nitrogen and oxygen atoms in total. The van der Waals surface area contributed by atoms with Crippen LogP contribution in [0.5, 0.6) is 5.75 Å². The van der Waals surface area contributed by atoms with Crippen LogP contribution in [0.3, 0.4) is 0 Å². The number of nitrogens with zero attached hydrogens (tertiary/aromatic N) is 2. The van der Waals surface area contributed by atoms with E-state index in [2.05, 4.69) is 53.9 Å². The molecule has 1 aromatic heterocycles. The molecule has 0 aliphatic rings. The highest BCUT2D eigenvalue weighted by Crippen LogP contribution is 2.33. The molecule has 0 spiro atoms. The van der Waals surface area contributed by atoms with E-state index in [0.29, 0.717) is 0 Å². The lowest BCUT2D eigenvalue weighted by Gasteiger charge is -2.19. The van der Waals surface area contributed by atoms with Crippen molar-refractivity contribution in [3.05, 3.63) is 45.7 Å². The number of benzene rings is 1. The van der Waals surface area contributed by atoms with Crippen LogP contribution in [0.2, 0.25) is 0 Å². The van der Waals surface area contributed by atoms with Gasteiger partial charge >= 0.3 is 0 Å². The standard InChI is InChI=1S/C15H20BrN3O/c1-9(2)19-15(13(20-4)8-18-19)14(17)11-7-10(3)5-6-12(11)16/h5-9,14H,17H2,1-4H3. The molecule has 20 heavy (non-hydrogen) atoms. The molecule has 0 aliphatic carbocycles. The summed E-state index contributed by atoms with van der Waals surface area (Å²) >= 11 is 3.57. The highest BCUT2D eigenvalue weighted by atomic mass is 79.9. The van der Waals surface area contributed by atoms with Gasteiger partial charge in [-0.25, -0.2) is 0 Å². The number of hydrogen-bond acceptors (Lipinski definition) is 3. The van der Waals surface area contributed by atoms with Crippen molar-refractivity contribution in [3.8, 4) is 5.75 Å². The lowest BCUT2D eigenvalue weighted by Crippen LogP contribution is -2.20. The second kappa shape index (κ2) is 5.97. The molecule has 0 amide bonds. The summed E-state index contributed by atoms with van der Waals surface area (Å²) < 4.78 is 8.32. The van der Waals surface area contributed by atoms with Gasteiger partial charge in [0.1, 0.15) is 5.69 Å². The van der Waals surface area contributed by atoms with Gasteiger partial charge < -0.3 is 10.5 Å². The van der Waals surface area contributed by atoms with Crippen LogP contribution in [0.4, 0.5) is 0 Å². The van der Waals surface area contributed by atoms with Crippen molar-refractivity contribution in [3.63, 3.8) is 0 Å². The van der Waals surface area contributed by atoms with Crippen molar-refractivity contribution in [1.29, 1.82) is 0 Å². The first-order valence-corrected chi connectivity index (χ1v) is 7.38. The van der Waals surface area contributed by atoms with Crippen LogP contribution in [0.25, 0.3) is 0 Å². The molecule has 2 N–H and O–H groups in total. The maximum Gasteiger partial charge on any atom is 0.161 e. The van der Waals surface area contributed by atoms with E-state index in [0.717, 1.165) is 21.5 Å². The molecule has 2 rings (SSSR count). The zero-order valence-corrected chi connectivity index (χ0v) is 13.8. The van der Waals surface area contributed by atoms with Crippen molar-refractivity contribution in [2.75, 3.05) is 7.11 Å². The predicted octanol–water partition coefficient (Wildman–Crippen LogP) is 3.59. The van der Waals surface area contributed by atoms with Gasteiger partial charge in [0.15, 0.2) is 5.75 Å². The molecule has 2 aromatic rings. The summed E-state index contributed by atoms with van der Waals surface area (Å²) in [4.78, 5) is 0. The molecule has 0 saturated carbocycles. The number of rotatable bonds is 4. The topological polar surface area (TPSA) is 53.1 Å². The van der Waals surface area contributed by atoms with Gasteiger partial charge in [0.25, 0.3) is 0 Å². The molecule has 5 heteroatoms. The Labute approximate surface area is 128 Å². The van der Waals surface area contributed by atoms with Crippen molar-refractivity contribution in [2.45, 2.75) is 32.9 Å². The maximum atomic E-state index is 6.47. The van der Waals surface area contributed by atoms with Gasteiger partial charge in [-0.1, -0.05) is 33.6 Å². The van der Waals surface area contributed by atoms with Crippen molar-refractivity contribution in [2.24, 2.45) is 5.73 Å². The number of nitrogens with two attached hydrogens (primary N) is 1.